The Morgan fingerprint density at radius 1 is 1.37 bits per heavy atom. The molecule has 0 aliphatic carbocycles. The van der Waals surface area contributed by atoms with E-state index in [9.17, 15) is 14.0 Å². The lowest BCUT2D eigenvalue weighted by Crippen LogP contribution is -2.45. The summed E-state index contributed by atoms with van der Waals surface area (Å²) in [5, 5.41) is 5.14. The molecule has 0 radical (unpaired) electrons. The van der Waals surface area contributed by atoms with Crippen molar-refractivity contribution in [1.82, 2.24) is 10.6 Å². The van der Waals surface area contributed by atoms with Crippen LogP contribution >= 0.6 is 0 Å². The molecule has 0 aromatic heterocycles. The van der Waals surface area contributed by atoms with Crippen molar-refractivity contribution in [2.24, 2.45) is 0 Å². The SMILES string of the molecule is CCCNC(=O)C(C)NC(=O)c1ccc(C)cc1F. The third kappa shape index (κ3) is 4.35. The molecule has 4 nitrogen and oxygen atoms in total. The number of carbonyl (C=O) groups is 2. The summed E-state index contributed by atoms with van der Waals surface area (Å²) in [6, 6.07) is 3.66. The Bertz CT molecular complexity index is 475. The Labute approximate surface area is 112 Å². The van der Waals surface area contributed by atoms with Gasteiger partial charge in [-0.15, -0.1) is 0 Å². The van der Waals surface area contributed by atoms with Gasteiger partial charge in [0.25, 0.3) is 5.91 Å². The maximum absolute atomic E-state index is 13.6. The largest absolute Gasteiger partial charge is 0.354 e. The standard InChI is InChI=1S/C14H19FN2O2/c1-4-7-16-13(18)10(3)17-14(19)11-6-5-9(2)8-12(11)15/h5-6,8,10H,4,7H2,1-3H3,(H,16,18)(H,17,19). The number of aryl methyl sites for hydroxylation is 1. The van der Waals surface area contributed by atoms with Crippen LogP contribution in [0.4, 0.5) is 4.39 Å². The van der Waals surface area contributed by atoms with Crippen LogP contribution in [0.2, 0.25) is 0 Å². The lowest BCUT2D eigenvalue weighted by Gasteiger charge is -2.14. The van der Waals surface area contributed by atoms with Crippen molar-refractivity contribution >= 4 is 11.8 Å². The van der Waals surface area contributed by atoms with Gasteiger partial charge in [0.1, 0.15) is 11.9 Å². The Kier molecular flexibility index (Phi) is 5.48. The van der Waals surface area contributed by atoms with Crippen molar-refractivity contribution in [3.63, 3.8) is 0 Å². The van der Waals surface area contributed by atoms with E-state index in [1.165, 1.54) is 12.1 Å². The van der Waals surface area contributed by atoms with Gasteiger partial charge in [0.15, 0.2) is 0 Å². The monoisotopic (exact) mass is 266 g/mol. The fourth-order valence-electron chi connectivity index (χ4n) is 1.55. The third-order valence-corrected chi connectivity index (χ3v) is 2.66. The van der Waals surface area contributed by atoms with Crippen molar-refractivity contribution in [2.45, 2.75) is 33.2 Å². The number of carbonyl (C=O) groups excluding carboxylic acids is 2. The Hall–Kier alpha value is -1.91. The van der Waals surface area contributed by atoms with Gasteiger partial charge in [-0.25, -0.2) is 4.39 Å². The van der Waals surface area contributed by atoms with Gasteiger partial charge in [-0.3, -0.25) is 9.59 Å². The third-order valence-electron chi connectivity index (χ3n) is 2.66. The lowest BCUT2D eigenvalue weighted by molar-refractivity contribution is -0.122. The fraction of sp³-hybridized carbons (Fsp3) is 0.429. The van der Waals surface area contributed by atoms with E-state index >= 15 is 0 Å². The molecule has 0 aliphatic heterocycles. The van der Waals surface area contributed by atoms with Crippen LogP contribution in [0.1, 0.15) is 36.2 Å². The van der Waals surface area contributed by atoms with Crippen LogP contribution in [0.5, 0.6) is 0 Å². The minimum atomic E-state index is -0.695. The highest BCUT2D eigenvalue weighted by Crippen LogP contribution is 2.09. The van der Waals surface area contributed by atoms with Crippen LogP contribution < -0.4 is 10.6 Å². The van der Waals surface area contributed by atoms with E-state index in [2.05, 4.69) is 10.6 Å². The molecular weight excluding hydrogens is 247 g/mol. The molecule has 0 aliphatic rings. The molecular formula is C14H19FN2O2. The minimum absolute atomic E-state index is 0.0549. The summed E-state index contributed by atoms with van der Waals surface area (Å²) in [7, 11) is 0. The molecule has 19 heavy (non-hydrogen) atoms. The van der Waals surface area contributed by atoms with Gasteiger partial charge >= 0.3 is 0 Å². The molecule has 0 saturated carbocycles. The van der Waals surface area contributed by atoms with Crippen molar-refractivity contribution in [3.8, 4) is 0 Å². The number of amides is 2. The Morgan fingerprint density at radius 3 is 2.63 bits per heavy atom. The van der Waals surface area contributed by atoms with Crippen LogP contribution in [0.15, 0.2) is 18.2 Å². The molecule has 0 fully saturated rings. The molecule has 1 aromatic rings. The average Bonchev–Trinajstić information content (AvgIpc) is 2.35. The maximum Gasteiger partial charge on any atom is 0.254 e. The highest BCUT2D eigenvalue weighted by molar-refractivity contribution is 5.97. The second-order valence-electron chi connectivity index (χ2n) is 4.47. The fourth-order valence-corrected chi connectivity index (χ4v) is 1.55. The Balaban J connectivity index is 2.66. The predicted molar refractivity (Wildman–Crippen MR) is 71.4 cm³/mol. The van der Waals surface area contributed by atoms with E-state index in [0.717, 1.165) is 12.0 Å². The van der Waals surface area contributed by atoms with Gasteiger partial charge in [-0.1, -0.05) is 13.0 Å². The maximum atomic E-state index is 13.6. The highest BCUT2D eigenvalue weighted by atomic mass is 19.1. The zero-order chi connectivity index (χ0) is 14.4. The smallest absolute Gasteiger partial charge is 0.254 e. The zero-order valence-electron chi connectivity index (χ0n) is 11.4. The molecule has 2 N–H and O–H groups in total. The molecule has 1 atom stereocenters. The number of hydrogen-bond acceptors (Lipinski definition) is 2. The summed E-state index contributed by atoms with van der Waals surface area (Å²) >= 11 is 0. The summed E-state index contributed by atoms with van der Waals surface area (Å²) in [5.74, 6) is -1.45. The van der Waals surface area contributed by atoms with Gasteiger partial charge in [-0.05, 0) is 38.0 Å². The molecule has 104 valence electrons. The average molecular weight is 266 g/mol. The first-order valence-electron chi connectivity index (χ1n) is 6.30. The van der Waals surface area contributed by atoms with E-state index in [1.54, 1.807) is 19.9 Å². The van der Waals surface area contributed by atoms with Crippen LogP contribution in [-0.4, -0.2) is 24.4 Å². The van der Waals surface area contributed by atoms with Gasteiger partial charge in [0.2, 0.25) is 5.91 Å². The number of halogens is 1. The van der Waals surface area contributed by atoms with E-state index in [0.29, 0.717) is 6.54 Å². The molecule has 1 aromatic carbocycles. The van der Waals surface area contributed by atoms with Gasteiger partial charge < -0.3 is 10.6 Å². The summed E-state index contributed by atoms with van der Waals surface area (Å²) in [4.78, 5) is 23.4. The van der Waals surface area contributed by atoms with Crippen molar-refractivity contribution in [1.29, 1.82) is 0 Å². The molecule has 2 amide bonds. The zero-order valence-corrected chi connectivity index (χ0v) is 11.4. The quantitative estimate of drug-likeness (QED) is 0.853. The van der Waals surface area contributed by atoms with Crippen LogP contribution in [0.3, 0.4) is 0 Å². The van der Waals surface area contributed by atoms with Crippen molar-refractivity contribution < 1.29 is 14.0 Å². The summed E-state index contributed by atoms with van der Waals surface area (Å²) in [6.45, 7) is 5.80. The lowest BCUT2D eigenvalue weighted by atomic mass is 10.1. The van der Waals surface area contributed by atoms with Crippen molar-refractivity contribution in [3.05, 3.63) is 35.1 Å². The first-order valence-corrected chi connectivity index (χ1v) is 6.30. The first-order chi connectivity index (χ1) is 8.95. The van der Waals surface area contributed by atoms with E-state index in [1.807, 2.05) is 6.92 Å². The van der Waals surface area contributed by atoms with Crippen LogP contribution in [0.25, 0.3) is 0 Å². The van der Waals surface area contributed by atoms with Gasteiger partial charge in [-0.2, -0.15) is 0 Å². The molecule has 5 heteroatoms. The summed E-state index contributed by atoms with van der Waals surface area (Å²) < 4.78 is 13.6. The predicted octanol–water partition coefficient (Wildman–Crippen LogP) is 1.78. The number of nitrogens with one attached hydrogen (secondary N) is 2. The van der Waals surface area contributed by atoms with E-state index < -0.39 is 17.8 Å². The molecule has 0 saturated heterocycles. The number of benzene rings is 1. The van der Waals surface area contributed by atoms with Crippen LogP contribution in [0, 0.1) is 12.7 Å². The highest BCUT2D eigenvalue weighted by Gasteiger charge is 2.18. The second kappa shape index (κ2) is 6.87. The molecule has 1 rings (SSSR count). The van der Waals surface area contributed by atoms with Gasteiger partial charge in [0, 0.05) is 6.54 Å². The first kappa shape index (κ1) is 15.1. The molecule has 1 unspecified atom stereocenters. The summed E-state index contributed by atoms with van der Waals surface area (Å²) in [6.07, 6.45) is 0.818. The summed E-state index contributed by atoms with van der Waals surface area (Å²) in [5.41, 5.74) is 0.684. The van der Waals surface area contributed by atoms with Gasteiger partial charge in [0.05, 0.1) is 5.56 Å². The molecule has 0 bridgehead atoms. The topological polar surface area (TPSA) is 58.2 Å². The normalized spacial score (nSPS) is 11.8. The van der Waals surface area contributed by atoms with Crippen molar-refractivity contribution in [2.75, 3.05) is 6.54 Å². The Morgan fingerprint density at radius 2 is 2.05 bits per heavy atom. The molecule has 0 spiro atoms. The minimum Gasteiger partial charge on any atom is -0.354 e. The number of hydrogen-bond donors (Lipinski definition) is 2. The van der Waals surface area contributed by atoms with E-state index in [-0.39, 0.29) is 11.5 Å². The number of rotatable bonds is 5. The van der Waals surface area contributed by atoms with Crippen LogP contribution in [-0.2, 0) is 4.79 Å². The second-order valence-corrected chi connectivity index (χ2v) is 4.47. The molecule has 0 heterocycles. The van der Waals surface area contributed by atoms with E-state index in [4.69, 9.17) is 0 Å².